The molecule has 0 aromatic heterocycles. The van der Waals surface area contributed by atoms with Crippen LogP contribution in [0.3, 0.4) is 0 Å². The molecule has 19 heavy (non-hydrogen) atoms. The van der Waals surface area contributed by atoms with Crippen LogP contribution in [0.4, 0.5) is 9.18 Å². The lowest BCUT2D eigenvalue weighted by molar-refractivity contribution is -0.156. The summed E-state index contributed by atoms with van der Waals surface area (Å²) in [6.07, 6.45) is -0.633. The molecule has 7 heteroatoms. The van der Waals surface area contributed by atoms with Crippen molar-refractivity contribution in [1.29, 1.82) is 0 Å². The third kappa shape index (κ3) is 4.05. The van der Waals surface area contributed by atoms with Crippen LogP contribution in [0.25, 0.3) is 0 Å². The van der Waals surface area contributed by atoms with Gasteiger partial charge in [-0.15, -0.1) is 0 Å². The molecule has 2 N–H and O–H groups in total. The lowest BCUT2D eigenvalue weighted by Gasteiger charge is -2.25. The van der Waals surface area contributed by atoms with Crippen LogP contribution in [0.2, 0.25) is 0 Å². The van der Waals surface area contributed by atoms with E-state index in [9.17, 15) is 14.0 Å². The van der Waals surface area contributed by atoms with Gasteiger partial charge < -0.3 is 20.1 Å². The maximum Gasteiger partial charge on any atom is 0.407 e. The molecular weight excluding hydrogens is 255 g/mol. The van der Waals surface area contributed by atoms with Gasteiger partial charge in [0.2, 0.25) is 5.67 Å². The zero-order chi connectivity index (χ0) is 14.7. The highest BCUT2D eigenvalue weighted by Gasteiger charge is 2.51. The number of alkyl carbamates (subject to hydrolysis) is 1. The maximum absolute atomic E-state index is 14.4. The third-order valence-corrected chi connectivity index (χ3v) is 2.84. The van der Waals surface area contributed by atoms with Crippen molar-refractivity contribution >= 4 is 12.1 Å². The van der Waals surface area contributed by atoms with Gasteiger partial charge in [-0.05, 0) is 20.8 Å². The number of amides is 1. The first kappa shape index (κ1) is 15.7. The highest BCUT2D eigenvalue weighted by molar-refractivity contribution is 5.81. The first-order chi connectivity index (χ1) is 8.69. The van der Waals surface area contributed by atoms with Crippen molar-refractivity contribution in [3.8, 4) is 0 Å². The normalized spacial score (nSPS) is 26.9. The Balaban J connectivity index is 2.53. The molecule has 0 saturated carbocycles. The topological polar surface area (TPSA) is 76.7 Å². The van der Waals surface area contributed by atoms with Crippen molar-refractivity contribution in [2.75, 3.05) is 26.7 Å². The van der Waals surface area contributed by atoms with Crippen LogP contribution in [0, 0.1) is 5.92 Å². The molecule has 1 saturated heterocycles. The second-order valence-corrected chi connectivity index (χ2v) is 5.56. The number of carbonyl (C=O) groups is 2. The summed E-state index contributed by atoms with van der Waals surface area (Å²) in [6, 6.07) is 0. The molecule has 110 valence electrons. The average molecular weight is 276 g/mol. The van der Waals surface area contributed by atoms with E-state index in [1.165, 1.54) is 0 Å². The van der Waals surface area contributed by atoms with Gasteiger partial charge in [0.05, 0.1) is 7.11 Å². The summed E-state index contributed by atoms with van der Waals surface area (Å²) in [6.45, 7) is 5.39. The molecule has 1 fully saturated rings. The minimum Gasteiger partial charge on any atom is -0.467 e. The molecule has 1 aliphatic heterocycles. The van der Waals surface area contributed by atoms with Crippen LogP contribution in [-0.4, -0.2) is 50.1 Å². The number of hydrogen-bond acceptors (Lipinski definition) is 5. The van der Waals surface area contributed by atoms with Crippen LogP contribution in [0.1, 0.15) is 20.8 Å². The van der Waals surface area contributed by atoms with Gasteiger partial charge in [0.15, 0.2) is 0 Å². The lowest BCUT2D eigenvalue weighted by atomic mass is 9.93. The van der Waals surface area contributed by atoms with E-state index < -0.39 is 29.3 Å². The van der Waals surface area contributed by atoms with Crippen molar-refractivity contribution in [2.45, 2.75) is 32.0 Å². The maximum atomic E-state index is 14.4. The van der Waals surface area contributed by atoms with Crippen molar-refractivity contribution in [1.82, 2.24) is 10.6 Å². The zero-order valence-electron chi connectivity index (χ0n) is 11.7. The fourth-order valence-corrected chi connectivity index (χ4v) is 1.90. The molecule has 6 nitrogen and oxygen atoms in total. The molecule has 0 unspecified atom stereocenters. The lowest BCUT2D eigenvalue weighted by Crippen LogP contribution is -2.47. The van der Waals surface area contributed by atoms with Crippen molar-refractivity contribution in [3.63, 3.8) is 0 Å². The molecule has 0 aromatic rings. The van der Waals surface area contributed by atoms with E-state index in [2.05, 4.69) is 15.4 Å². The van der Waals surface area contributed by atoms with E-state index in [-0.39, 0.29) is 13.1 Å². The van der Waals surface area contributed by atoms with Crippen molar-refractivity contribution in [2.24, 2.45) is 5.92 Å². The van der Waals surface area contributed by atoms with Crippen molar-refractivity contribution in [3.05, 3.63) is 0 Å². The number of alkyl halides is 1. The number of ether oxygens (including phenoxy) is 2. The largest absolute Gasteiger partial charge is 0.467 e. The van der Waals surface area contributed by atoms with Gasteiger partial charge in [-0.2, -0.15) is 0 Å². The molecule has 1 rings (SSSR count). The van der Waals surface area contributed by atoms with Crippen molar-refractivity contribution < 1.29 is 23.5 Å². The Kier molecular flexibility index (Phi) is 4.73. The summed E-state index contributed by atoms with van der Waals surface area (Å²) in [5.41, 5.74) is -2.73. The molecule has 0 radical (unpaired) electrons. The Morgan fingerprint density at radius 1 is 1.47 bits per heavy atom. The Morgan fingerprint density at radius 2 is 2.11 bits per heavy atom. The van der Waals surface area contributed by atoms with E-state index in [0.717, 1.165) is 7.11 Å². The van der Waals surface area contributed by atoms with E-state index >= 15 is 0 Å². The number of halogens is 1. The molecule has 0 bridgehead atoms. The summed E-state index contributed by atoms with van der Waals surface area (Å²) in [4.78, 5) is 22.9. The van der Waals surface area contributed by atoms with Gasteiger partial charge in [-0.1, -0.05) is 0 Å². The van der Waals surface area contributed by atoms with Crippen LogP contribution in [-0.2, 0) is 14.3 Å². The Bertz CT molecular complexity index is 356. The molecule has 0 spiro atoms. The molecule has 2 atom stereocenters. The van der Waals surface area contributed by atoms with E-state index in [1.807, 2.05) is 0 Å². The highest BCUT2D eigenvalue weighted by Crippen LogP contribution is 2.27. The summed E-state index contributed by atoms with van der Waals surface area (Å²) < 4.78 is 23.9. The van der Waals surface area contributed by atoms with Gasteiger partial charge in [0.25, 0.3) is 0 Å². The predicted molar refractivity (Wildman–Crippen MR) is 66.5 cm³/mol. The van der Waals surface area contributed by atoms with E-state index in [4.69, 9.17) is 4.74 Å². The molecule has 1 amide bonds. The zero-order valence-corrected chi connectivity index (χ0v) is 11.7. The predicted octanol–water partition coefficient (Wildman–Crippen LogP) is 0.612. The number of nitrogens with one attached hydrogen (secondary N) is 2. The second kappa shape index (κ2) is 5.73. The molecule has 0 aromatic carbocycles. The smallest absolute Gasteiger partial charge is 0.407 e. The van der Waals surface area contributed by atoms with Gasteiger partial charge in [0.1, 0.15) is 5.60 Å². The second-order valence-electron chi connectivity index (χ2n) is 5.56. The van der Waals surface area contributed by atoms with Crippen LogP contribution in [0.5, 0.6) is 0 Å². The Labute approximate surface area is 112 Å². The van der Waals surface area contributed by atoms with E-state index in [0.29, 0.717) is 6.54 Å². The highest BCUT2D eigenvalue weighted by atomic mass is 19.1. The minimum atomic E-state index is -2.11. The molecule has 1 aliphatic rings. The summed E-state index contributed by atoms with van der Waals surface area (Å²) >= 11 is 0. The summed E-state index contributed by atoms with van der Waals surface area (Å²) in [7, 11) is 1.14. The van der Waals surface area contributed by atoms with E-state index in [1.54, 1.807) is 20.8 Å². The fourth-order valence-electron chi connectivity index (χ4n) is 1.90. The molecular formula is C12H21FN2O4. The van der Waals surface area contributed by atoms with Crippen LogP contribution in [0.15, 0.2) is 0 Å². The number of methoxy groups -OCH3 is 1. The number of esters is 1. The fraction of sp³-hybridized carbons (Fsp3) is 0.833. The molecule has 0 aliphatic carbocycles. The van der Waals surface area contributed by atoms with Gasteiger partial charge in [0, 0.05) is 25.6 Å². The Morgan fingerprint density at radius 3 is 2.63 bits per heavy atom. The van der Waals surface area contributed by atoms with Gasteiger partial charge in [-0.3, -0.25) is 0 Å². The van der Waals surface area contributed by atoms with Crippen LogP contribution >= 0.6 is 0 Å². The van der Waals surface area contributed by atoms with Gasteiger partial charge in [-0.25, -0.2) is 14.0 Å². The average Bonchev–Trinajstić information content (AvgIpc) is 2.66. The minimum absolute atomic E-state index is 0.00745. The quantitative estimate of drug-likeness (QED) is 0.739. The van der Waals surface area contributed by atoms with Gasteiger partial charge >= 0.3 is 12.1 Å². The molecule has 1 heterocycles. The first-order valence-electron chi connectivity index (χ1n) is 6.14. The first-order valence-corrected chi connectivity index (χ1v) is 6.14. The SMILES string of the molecule is COC(=O)[C@@]1(F)CNC[C@H]1CNC(=O)OC(C)(C)C. The monoisotopic (exact) mass is 276 g/mol. The van der Waals surface area contributed by atoms with Crippen LogP contribution < -0.4 is 10.6 Å². The Hall–Kier alpha value is -1.37. The summed E-state index contributed by atoms with van der Waals surface area (Å²) in [5.74, 6) is -1.60. The number of carbonyl (C=O) groups excluding carboxylic acids is 2. The standard InChI is InChI=1S/C12H21FN2O4/c1-11(2,3)19-10(17)15-6-8-5-14-7-12(8,13)9(16)18-4/h8,14H,5-7H2,1-4H3,(H,15,17)/t8-,12+/m0/s1. The number of hydrogen-bond donors (Lipinski definition) is 2. The third-order valence-electron chi connectivity index (χ3n) is 2.84. The summed E-state index contributed by atoms with van der Waals surface area (Å²) in [5, 5.41) is 5.25. The number of rotatable bonds is 3.